The zero-order chi connectivity index (χ0) is 10.1. The maximum atomic E-state index is 12.0. The SMILES string of the molecule is Cl.NC1CCC(C(=O)N2CC[C@@H](N)C2)C1. The molecule has 1 amide bonds. The summed E-state index contributed by atoms with van der Waals surface area (Å²) in [6, 6.07) is 0.425. The molecule has 4 N–H and O–H groups in total. The Morgan fingerprint density at radius 3 is 2.33 bits per heavy atom. The van der Waals surface area contributed by atoms with Crippen LogP contribution < -0.4 is 11.5 Å². The molecular formula is C10H20ClN3O. The van der Waals surface area contributed by atoms with Crippen LogP contribution >= 0.6 is 12.4 Å². The molecule has 0 aromatic rings. The van der Waals surface area contributed by atoms with Gasteiger partial charge in [-0.15, -0.1) is 12.4 Å². The van der Waals surface area contributed by atoms with Crippen LogP contribution in [0.5, 0.6) is 0 Å². The molecule has 2 unspecified atom stereocenters. The van der Waals surface area contributed by atoms with E-state index < -0.39 is 0 Å². The molecule has 0 spiro atoms. The fourth-order valence-corrected chi connectivity index (χ4v) is 2.49. The van der Waals surface area contributed by atoms with Gasteiger partial charge < -0.3 is 16.4 Å². The quantitative estimate of drug-likeness (QED) is 0.675. The predicted molar refractivity (Wildman–Crippen MR) is 61.7 cm³/mol. The van der Waals surface area contributed by atoms with Crippen LogP contribution in [0.25, 0.3) is 0 Å². The van der Waals surface area contributed by atoms with E-state index in [0.29, 0.717) is 0 Å². The van der Waals surface area contributed by atoms with Crippen molar-refractivity contribution in [3.8, 4) is 0 Å². The van der Waals surface area contributed by atoms with E-state index in [1.807, 2.05) is 4.90 Å². The highest BCUT2D eigenvalue weighted by Crippen LogP contribution is 2.27. The minimum absolute atomic E-state index is 0. The third kappa shape index (κ3) is 2.83. The van der Waals surface area contributed by atoms with Gasteiger partial charge in [0.1, 0.15) is 0 Å². The van der Waals surface area contributed by atoms with Gasteiger partial charge in [-0.1, -0.05) is 0 Å². The third-order valence-electron chi connectivity index (χ3n) is 3.36. The molecule has 2 fully saturated rings. The van der Waals surface area contributed by atoms with E-state index in [2.05, 4.69) is 0 Å². The fraction of sp³-hybridized carbons (Fsp3) is 0.900. The van der Waals surface area contributed by atoms with Gasteiger partial charge in [0.25, 0.3) is 0 Å². The Hall–Kier alpha value is -0.320. The molecule has 0 aromatic heterocycles. The molecule has 0 bridgehead atoms. The molecule has 1 aliphatic carbocycles. The van der Waals surface area contributed by atoms with Crippen LogP contribution in [0.1, 0.15) is 25.7 Å². The lowest BCUT2D eigenvalue weighted by molar-refractivity contribution is -0.134. The van der Waals surface area contributed by atoms with Gasteiger partial charge in [-0.2, -0.15) is 0 Å². The maximum Gasteiger partial charge on any atom is 0.225 e. The second-order valence-electron chi connectivity index (χ2n) is 4.60. The number of nitrogens with zero attached hydrogens (tertiary/aromatic N) is 1. The Bertz CT molecular complexity index is 215. The van der Waals surface area contributed by atoms with Gasteiger partial charge in [0.05, 0.1) is 0 Å². The summed E-state index contributed by atoms with van der Waals surface area (Å²) in [5.74, 6) is 0.459. The van der Waals surface area contributed by atoms with Gasteiger partial charge in [-0.25, -0.2) is 0 Å². The largest absolute Gasteiger partial charge is 0.341 e. The average molecular weight is 234 g/mol. The molecule has 0 aromatic carbocycles. The number of carbonyl (C=O) groups excluding carboxylic acids is 1. The summed E-state index contributed by atoms with van der Waals surface area (Å²) >= 11 is 0. The van der Waals surface area contributed by atoms with Gasteiger partial charge in [-0.05, 0) is 25.7 Å². The number of halogens is 1. The van der Waals surface area contributed by atoms with Crippen LogP contribution in [0.3, 0.4) is 0 Å². The van der Waals surface area contributed by atoms with Crippen LogP contribution in [0, 0.1) is 5.92 Å². The topological polar surface area (TPSA) is 72.4 Å². The average Bonchev–Trinajstić information content (AvgIpc) is 2.73. The van der Waals surface area contributed by atoms with Crippen molar-refractivity contribution in [2.45, 2.75) is 37.8 Å². The molecule has 1 saturated heterocycles. The summed E-state index contributed by atoms with van der Waals surface area (Å²) in [7, 11) is 0. The van der Waals surface area contributed by atoms with E-state index in [4.69, 9.17) is 11.5 Å². The van der Waals surface area contributed by atoms with Crippen LogP contribution in [0.15, 0.2) is 0 Å². The van der Waals surface area contributed by atoms with Crippen molar-refractivity contribution in [1.82, 2.24) is 4.90 Å². The summed E-state index contributed by atoms with van der Waals surface area (Å²) in [6.07, 6.45) is 3.77. The van der Waals surface area contributed by atoms with Crippen molar-refractivity contribution < 1.29 is 4.79 Å². The standard InChI is InChI=1S/C10H19N3O.ClH/c11-8-2-1-7(5-8)10(14)13-4-3-9(12)6-13;/h7-9H,1-6,11-12H2;1H/t7?,8?,9-;/m1./s1. The molecule has 1 saturated carbocycles. The summed E-state index contributed by atoms with van der Waals surface area (Å²) in [6.45, 7) is 1.58. The van der Waals surface area contributed by atoms with Gasteiger partial charge in [0, 0.05) is 31.1 Å². The molecule has 88 valence electrons. The normalized spacial score (nSPS) is 35.3. The summed E-state index contributed by atoms with van der Waals surface area (Å²) < 4.78 is 0. The molecule has 15 heavy (non-hydrogen) atoms. The van der Waals surface area contributed by atoms with Gasteiger partial charge >= 0.3 is 0 Å². The lowest BCUT2D eigenvalue weighted by Crippen LogP contribution is -2.36. The van der Waals surface area contributed by atoms with E-state index in [-0.39, 0.29) is 36.3 Å². The highest BCUT2D eigenvalue weighted by Gasteiger charge is 2.33. The molecule has 2 aliphatic rings. The Kier molecular flexibility index (Phi) is 4.37. The number of nitrogens with two attached hydrogens (primary N) is 2. The first-order valence-electron chi connectivity index (χ1n) is 5.47. The molecule has 2 rings (SSSR count). The number of carbonyl (C=O) groups is 1. The number of rotatable bonds is 1. The van der Waals surface area contributed by atoms with E-state index in [1.54, 1.807) is 0 Å². The molecule has 1 heterocycles. The molecule has 1 aliphatic heterocycles. The van der Waals surface area contributed by atoms with Crippen molar-refractivity contribution in [2.75, 3.05) is 13.1 Å². The highest BCUT2D eigenvalue weighted by atomic mass is 35.5. The minimum Gasteiger partial charge on any atom is -0.341 e. The fourth-order valence-electron chi connectivity index (χ4n) is 2.49. The lowest BCUT2D eigenvalue weighted by atomic mass is 10.1. The first kappa shape index (κ1) is 12.7. The van der Waals surface area contributed by atoms with Crippen LogP contribution in [-0.2, 0) is 4.79 Å². The Balaban J connectivity index is 0.00000112. The summed E-state index contributed by atoms with van der Waals surface area (Å²) in [5, 5.41) is 0. The Labute approximate surface area is 96.8 Å². The first-order valence-corrected chi connectivity index (χ1v) is 5.47. The minimum atomic E-state index is 0. The van der Waals surface area contributed by atoms with Gasteiger partial charge in [0.15, 0.2) is 0 Å². The lowest BCUT2D eigenvalue weighted by Gasteiger charge is -2.19. The molecule has 4 nitrogen and oxygen atoms in total. The maximum absolute atomic E-state index is 12.0. The summed E-state index contributed by atoms with van der Waals surface area (Å²) in [5.41, 5.74) is 11.6. The Morgan fingerprint density at radius 1 is 1.13 bits per heavy atom. The zero-order valence-corrected chi connectivity index (χ0v) is 9.71. The van der Waals surface area contributed by atoms with E-state index in [0.717, 1.165) is 38.8 Å². The predicted octanol–water partition coefficient (Wildman–Crippen LogP) is 0.0952. The van der Waals surface area contributed by atoms with Crippen molar-refractivity contribution >= 4 is 18.3 Å². The third-order valence-corrected chi connectivity index (χ3v) is 3.36. The zero-order valence-electron chi connectivity index (χ0n) is 8.89. The van der Waals surface area contributed by atoms with Crippen LogP contribution in [0.4, 0.5) is 0 Å². The van der Waals surface area contributed by atoms with Crippen molar-refractivity contribution in [1.29, 1.82) is 0 Å². The van der Waals surface area contributed by atoms with Crippen molar-refractivity contribution in [3.05, 3.63) is 0 Å². The van der Waals surface area contributed by atoms with Gasteiger partial charge in [-0.3, -0.25) is 4.79 Å². The highest BCUT2D eigenvalue weighted by molar-refractivity contribution is 5.85. The smallest absolute Gasteiger partial charge is 0.225 e. The monoisotopic (exact) mass is 233 g/mol. The number of hydrogen-bond donors (Lipinski definition) is 2. The van der Waals surface area contributed by atoms with Crippen LogP contribution in [0.2, 0.25) is 0 Å². The molecule has 0 radical (unpaired) electrons. The van der Waals surface area contributed by atoms with E-state index in [9.17, 15) is 4.79 Å². The number of hydrogen-bond acceptors (Lipinski definition) is 3. The molecule has 5 heteroatoms. The second kappa shape index (κ2) is 5.14. The van der Waals surface area contributed by atoms with Crippen molar-refractivity contribution in [3.63, 3.8) is 0 Å². The first-order chi connectivity index (χ1) is 6.66. The number of likely N-dealkylation sites (tertiary alicyclic amines) is 1. The van der Waals surface area contributed by atoms with Crippen molar-refractivity contribution in [2.24, 2.45) is 17.4 Å². The summed E-state index contributed by atoms with van der Waals surface area (Å²) in [4.78, 5) is 13.9. The van der Waals surface area contributed by atoms with Crippen LogP contribution in [-0.4, -0.2) is 36.0 Å². The molecular weight excluding hydrogens is 214 g/mol. The molecule has 3 atom stereocenters. The van der Waals surface area contributed by atoms with E-state index in [1.165, 1.54) is 0 Å². The Morgan fingerprint density at radius 2 is 1.87 bits per heavy atom. The van der Waals surface area contributed by atoms with E-state index >= 15 is 0 Å². The van der Waals surface area contributed by atoms with Gasteiger partial charge in [0.2, 0.25) is 5.91 Å². The second-order valence-corrected chi connectivity index (χ2v) is 4.60. The number of amides is 1.